The van der Waals surface area contributed by atoms with E-state index in [4.69, 9.17) is 5.73 Å². The number of nitrogens with one attached hydrogen (secondary N) is 2. The monoisotopic (exact) mass is 375 g/mol. The smallest absolute Gasteiger partial charge is 0.325 e. The molecule has 3 aromatic rings. The maximum absolute atomic E-state index is 12.4. The van der Waals surface area contributed by atoms with Crippen LogP contribution in [0.15, 0.2) is 78.9 Å². The molecule has 0 saturated carbocycles. The van der Waals surface area contributed by atoms with Crippen molar-refractivity contribution in [3.8, 4) is 0 Å². The van der Waals surface area contributed by atoms with Crippen LogP contribution < -0.4 is 16.4 Å². The molecule has 142 valence electrons. The number of aliphatic carboxylic acids is 1. The Morgan fingerprint density at radius 1 is 0.893 bits per heavy atom. The minimum absolute atomic E-state index is 0.259. The molecule has 0 aliphatic carbocycles. The summed E-state index contributed by atoms with van der Waals surface area (Å²) in [4.78, 5) is 23.9. The summed E-state index contributed by atoms with van der Waals surface area (Å²) < 4.78 is 0. The SMILES string of the molecule is Nc1ccccc1NC(=O)c1ccc(CNC(C(=O)O)c2ccccc2)cc1. The summed E-state index contributed by atoms with van der Waals surface area (Å²) in [6, 6.07) is 22.2. The molecule has 28 heavy (non-hydrogen) atoms. The number of carbonyl (C=O) groups is 2. The van der Waals surface area contributed by atoms with Crippen molar-refractivity contribution in [3.05, 3.63) is 95.6 Å². The number of nitrogens with two attached hydrogens (primary N) is 1. The summed E-state index contributed by atoms with van der Waals surface area (Å²) >= 11 is 0. The number of carbonyl (C=O) groups excluding carboxylic acids is 1. The number of hydrogen-bond donors (Lipinski definition) is 4. The zero-order chi connectivity index (χ0) is 19.9. The fraction of sp³-hybridized carbons (Fsp3) is 0.0909. The number of benzene rings is 3. The Morgan fingerprint density at radius 2 is 1.54 bits per heavy atom. The molecule has 3 rings (SSSR count). The van der Waals surface area contributed by atoms with Gasteiger partial charge in [-0.25, -0.2) is 0 Å². The van der Waals surface area contributed by atoms with Gasteiger partial charge < -0.3 is 16.2 Å². The van der Waals surface area contributed by atoms with Gasteiger partial charge in [-0.3, -0.25) is 14.9 Å². The topological polar surface area (TPSA) is 104 Å². The van der Waals surface area contributed by atoms with Gasteiger partial charge in [0.2, 0.25) is 0 Å². The molecule has 0 aliphatic heterocycles. The Kier molecular flexibility index (Phi) is 6.04. The lowest BCUT2D eigenvalue weighted by Gasteiger charge is -2.15. The number of anilines is 2. The van der Waals surface area contributed by atoms with E-state index in [2.05, 4.69) is 10.6 Å². The average molecular weight is 375 g/mol. The molecule has 1 amide bonds. The Balaban J connectivity index is 1.63. The van der Waals surface area contributed by atoms with Gasteiger partial charge >= 0.3 is 5.97 Å². The van der Waals surface area contributed by atoms with Gasteiger partial charge in [0.15, 0.2) is 0 Å². The molecule has 0 radical (unpaired) electrons. The average Bonchev–Trinajstić information content (AvgIpc) is 2.71. The van der Waals surface area contributed by atoms with Gasteiger partial charge in [0.05, 0.1) is 11.4 Å². The van der Waals surface area contributed by atoms with E-state index >= 15 is 0 Å². The predicted octanol–water partition coefficient (Wildman–Crippen LogP) is 3.44. The molecular weight excluding hydrogens is 354 g/mol. The van der Waals surface area contributed by atoms with E-state index in [1.54, 1.807) is 72.8 Å². The minimum atomic E-state index is -0.942. The highest BCUT2D eigenvalue weighted by molar-refractivity contribution is 6.05. The first-order valence-corrected chi connectivity index (χ1v) is 8.80. The van der Waals surface area contributed by atoms with Gasteiger partial charge in [0, 0.05) is 12.1 Å². The van der Waals surface area contributed by atoms with Crippen LogP contribution in [0.4, 0.5) is 11.4 Å². The van der Waals surface area contributed by atoms with Gasteiger partial charge in [-0.15, -0.1) is 0 Å². The number of hydrogen-bond acceptors (Lipinski definition) is 4. The number of para-hydroxylation sites is 2. The molecule has 0 saturated heterocycles. The van der Waals surface area contributed by atoms with Gasteiger partial charge in [-0.2, -0.15) is 0 Å². The summed E-state index contributed by atoms with van der Waals surface area (Å²) in [6.45, 7) is 0.361. The van der Waals surface area contributed by atoms with Crippen molar-refractivity contribution >= 4 is 23.3 Å². The maximum Gasteiger partial charge on any atom is 0.325 e. The van der Waals surface area contributed by atoms with Crippen molar-refractivity contribution in [3.63, 3.8) is 0 Å². The first-order valence-electron chi connectivity index (χ1n) is 8.80. The largest absolute Gasteiger partial charge is 0.480 e. The van der Waals surface area contributed by atoms with Crippen LogP contribution in [0.25, 0.3) is 0 Å². The van der Waals surface area contributed by atoms with E-state index in [0.29, 0.717) is 29.0 Å². The van der Waals surface area contributed by atoms with Crippen molar-refractivity contribution < 1.29 is 14.7 Å². The van der Waals surface area contributed by atoms with E-state index in [9.17, 15) is 14.7 Å². The molecule has 0 bridgehead atoms. The fourth-order valence-corrected chi connectivity index (χ4v) is 2.79. The first kappa shape index (κ1) is 19.1. The quantitative estimate of drug-likeness (QED) is 0.474. The van der Waals surface area contributed by atoms with Crippen LogP contribution in [0.5, 0.6) is 0 Å². The molecule has 3 aromatic carbocycles. The van der Waals surface area contributed by atoms with Crippen LogP contribution in [0.2, 0.25) is 0 Å². The summed E-state index contributed by atoms with van der Waals surface area (Å²) in [5.74, 6) is -1.20. The maximum atomic E-state index is 12.4. The third-order valence-corrected chi connectivity index (χ3v) is 4.32. The highest BCUT2D eigenvalue weighted by atomic mass is 16.4. The predicted molar refractivity (Wildman–Crippen MR) is 109 cm³/mol. The lowest BCUT2D eigenvalue weighted by Crippen LogP contribution is -2.28. The highest BCUT2D eigenvalue weighted by Gasteiger charge is 2.18. The molecule has 0 fully saturated rings. The molecule has 6 nitrogen and oxygen atoms in total. The molecule has 0 aromatic heterocycles. The third kappa shape index (κ3) is 4.75. The number of amides is 1. The van der Waals surface area contributed by atoms with Crippen molar-refractivity contribution in [2.24, 2.45) is 0 Å². The summed E-state index contributed by atoms with van der Waals surface area (Å²) in [5, 5.41) is 15.3. The van der Waals surface area contributed by atoms with Gasteiger partial charge in [0.25, 0.3) is 5.91 Å². The molecule has 1 unspecified atom stereocenters. The van der Waals surface area contributed by atoms with Gasteiger partial charge in [-0.1, -0.05) is 54.6 Å². The number of carboxylic acids is 1. The molecule has 0 heterocycles. The van der Waals surface area contributed by atoms with Crippen molar-refractivity contribution in [2.45, 2.75) is 12.6 Å². The van der Waals surface area contributed by atoms with Gasteiger partial charge in [0.1, 0.15) is 6.04 Å². The van der Waals surface area contributed by atoms with E-state index in [-0.39, 0.29) is 5.91 Å². The zero-order valence-electron chi connectivity index (χ0n) is 15.1. The van der Waals surface area contributed by atoms with Crippen LogP contribution >= 0.6 is 0 Å². The van der Waals surface area contributed by atoms with Crippen LogP contribution in [0.1, 0.15) is 27.5 Å². The lowest BCUT2D eigenvalue weighted by atomic mass is 10.1. The molecule has 0 spiro atoms. The Morgan fingerprint density at radius 3 is 2.18 bits per heavy atom. The minimum Gasteiger partial charge on any atom is -0.480 e. The fourth-order valence-electron chi connectivity index (χ4n) is 2.79. The van der Waals surface area contributed by atoms with E-state index in [1.807, 2.05) is 6.07 Å². The van der Waals surface area contributed by atoms with Gasteiger partial charge in [-0.05, 0) is 35.4 Å². The van der Waals surface area contributed by atoms with Crippen LogP contribution in [-0.2, 0) is 11.3 Å². The van der Waals surface area contributed by atoms with E-state index in [1.165, 1.54) is 0 Å². The summed E-state index contributed by atoms with van der Waals surface area (Å²) in [7, 11) is 0. The summed E-state index contributed by atoms with van der Waals surface area (Å²) in [5.41, 5.74) is 8.95. The first-order chi connectivity index (χ1) is 13.5. The second-order valence-electron chi connectivity index (χ2n) is 6.30. The van der Waals surface area contributed by atoms with E-state index < -0.39 is 12.0 Å². The van der Waals surface area contributed by atoms with Crippen molar-refractivity contribution in [1.82, 2.24) is 5.32 Å². The number of nitrogen functional groups attached to an aromatic ring is 1. The summed E-state index contributed by atoms with van der Waals surface area (Å²) in [6.07, 6.45) is 0. The van der Waals surface area contributed by atoms with Crippen LogP contribution in [-0.4, -0.2) is 17.0 Å². The normalized spacial score (nSPS) is 11.6. The molecule has 0 aliphatic rings. The molecule has 5 N–H and O–H groups in total. The highest BCUT2D eigenvalue weighted by Crippen LogP contribution is 2.18. The molecule has 1 atom stereocenters. The number of rotatable bonds is 7. The lowest BCUT2D eigenvalue weighted by molar-refractivity contribution is -0.139. The Bertz CT molecular complexity index is 956. The second kappa shape index (κ2) is 8.83. The Hall–Kier alpha value is -3.64. The van der Waals surface area contributed by atoms with Crippen LogP contribution in [0.3, 0.4) is 0 Å². The standard InChI is InChI=1S/C22H21N3O3/c23-18-8-4-5-9-19(18)25-21(26)17-12-10-15(11-13-17)14-24-20(22(27)28)16-6-2-1-3-7-16/h1-13,20,24H,14,23H2,(H,25,26)(H,27,28). The number of carboxylic acid groups (broad SMARTS) is 1. The second-order valence-corrected chi connectivity index (χ2v) is 6.30. The molecular formula is C22H21N3O3. The Labute approximate surface area is 163 Å². The van der Waals surface area contributed by atoms with Crippen molar-refractivity contribution in [2.75, 3.05) is 11.1 Å². The van der Waals surface area contributed by atoms with Crippen molar-refractivity contribution in [1.29, 1.82) is 0 Å². The zero-order valence-corrected chi connectivity index (χ0v) is 15.1. The van der Waals surface area contributed by atoms with Crippen LogP contribution in [0, 0.1) is 0 Å². The third-order valence-electron chi connectivity index (χ3n) is 4.32. The van der Waals surface area contributed by atoms with E-state index in [0.717, 1.165) is 5.56 Å². The molecule has 6 heteroatoms.